The lowest BCUT2D eigenvalue weighted by molar-refractivity contribution is 0.355. The molecule has 0 bridgehead atoms. The summed E-state index contributed by atoms with van der Waals surface area (Å²) in [4.78, 5) is 4.47. The van der Waals surface area contributed by atoms with Gasteiger partial charge in [-0.05, 0) is 41.1 Å². The second-order valence-electron chi connectivity index (χ2n) is 4.27. The van der Waals surface area contributed by atoms with Gasteiger partial charge in [0.2, 0.25) is 0 Å². The first-order valence-electron chi connectivity index (χ1n) is 6.00. The summed E-state index contributed by atoms with van der Waals surface area (Å²) in [5, 5.41) is 11.3. The Morgan fingerprint density at radius 2 is 1.90 bits per heavy atom. The molecular weight excluding hydrogens is 258 g/mol. The van der Waals surface area contributed by atoms with Crippen molar-refractivity contribution in [3.05, 3.63) is 30.0 Å². The Bertz CT molecular complexity index is 769. The normalized spacial score (nSPS) is 10.8. The van der Waals surface area contributed by atoms with E-state index in [1.54, 1.807) is 18.7 Å². The Morgan fingerprint density at radius 3 is 2.65 bits per heavy atom. The molecule has 0 N–H and O–H groups in total. The Labute approximate surface area is 115 Å². The molecule has 0 saturated heterocycles. The van der Waals surface area contributed by atoms with Crippen molar-refractivity contribution in [3.63, 3.8) is 0 Å². The molecule has 0 amide bonds. The largest absolute Gasteiger partial charge is 0.493 e. The predicted molar refractivity (Wildman–Crippen MR) is 71.9 cm³/mol. The summed E-state index contributed by atoms with van der Waals surface area (Å²) in [7, 11) is 3.21. The average molecular weight is 271 g/mol. The number of benzene rings is 1. The Balaban J connectivity index is 2.16. The predicted octanol–water partition coefficient (Wildman–Crippen LogP) is 1.51. The van der Waals surface area contributed by atoms with E-state index in [0.717, 1.165) is 16.8 Å². The van der Waals surface area contributed by atoms with Gasteiger partial charge in [-0.15, -0.1) is 0 Å². The maximum atomic E-state index is 5.31. The van der Waals surface area contributed by atoms with E-state index in [0.29, 0.717) is 17.3 Å². The van der Waals surface area contributed by atoms with Gasteiger partial charge < -0.3 is 9.47 Å². The van der Waals surface area contributed by atoms with Crippen molar-refractivity contribution < 1.29 is 9.47 Å². The van der Waals surface area contributed by atoms with Crippen molar-refractivity contribution in [1.82, 2.24) is 25.0 Å². The van der Waals surface area contributed by atoms with Crippen LogP contribution in [0.2, 0.25) is 0 Å². The highest BCUT2D eigenvalue weighted by Gasteiger charge is 2.11. The monoisotopic (exact) mass is 271 g/mol. The van der Waals surface area contributed by atoms with Crippen LogP contribution in [0.25, 0.3) is 17.0 Å². The van der Waals surface area contributed by atoms with Crippen LogP contribution < -0.4 is 9.47 Å². The van der Waals surface area contributed by atoms with E-state index < -0.39 is 0 Å². The molecule has 102 valence electrons. The Hall–Kier alpha value is -2.70. The van der Waals surface area contributed by atoms with Gasteiger partial charge in [0, 0.05) is 11.8 Å². The van der Waals surface area contributed by atoms with E-state index in [4.69, 9.17) is 9.47 Å². The minimum absolute atomic E-state index is 0.459. The molecule has 2 aromatic heterocycles. The van der Waals surface area contributed by atoms with Crippen LogP contribution in [0, 0.1) is 6.92 Å². The van der Waals surface area contributed by atoms with E-state index >= 15 is 0 Å². The van der Waals surface area contributed by atoms with Crippen LogP contribution in [0.5, 0.6) is 11.5 Å². The zero-order valence-electron chi connectivity index (χ0n) is 11.4. The fourth-order valence-electron chi connectivity index (χ4n) is 2.05. The first kappa shape index (κ1) is 12.3. The third kappa shape index (κ3) is 1.93. The third-order valence-corrected chi connectivity index (χ3v) is 3.03. The summed E-state index contributed by atoms with van der Waals surface area (Å²) >= 11 is 0. The van der Waals surface area contributed by atoms with Gasteiger partial charge in [-0.3, -0.25) is 0 Å². The van der Waals surface area contributed by atoms with Gasteiger partial charge in [-0.25, -0.2) is 4.98 Å². The molecule has 1 aromatic carbocycles. The zero-order chi connectivity index (χ0) is 14.1. The highest BCUT2D eigenvalue weighted by Crippen LogP contribution is 2.32. The number of hydrogen-bond acceptors (Lipinski definition) is 6. The molecule has 7 heteroatoms. The van der Waals surface area contributed by atoms with Gasteiger partial charge in [0.25, 0.3) is 5.78 Å². The SMILES string of the molecule is COc1ccc(-c2nc3nnnn3cc2C)cc1OC. The second kappa shape index (κ2) is 4.76. The molecule has 2 heterocycles. The molecule has 7 nitrogen and oxygen atoms in total. The summed E-state index contributed by atoms with van der Waals surface area (Å²) in [6.07, 6.45) is 1.84. The number of rotatable bonds is 3. The molecular formula is C13H13N5O2. The second-order valence-corrected chi connectivity index (χ2v) is 4.27. The van der Waals surface area contributed by atoms with Gasteiger partial charge in [-0.2, -0.15) is 4.52 Å². The lowest BCUT2D eigenvalue weighted by atomic mass is 10.1. The fourth-order valence-corrected chi connectivity index (χ4v) is 2.05. The minimum Gasteiger partial charge on any atom is -0.493 e. The van der Waals surface area contributed by atoms with Gasteiger partial charge in [0.05, 0.1) is 19.9 Å². The van der Waals surface area contributed by atoms with Crippen LogP contribution in [-0.4, -0.2) is 39.2 Å². The zero-order valence-corrected chi connectivity index (χ0v) is 11.4. The van der Waals surface area contributed by atoms with Gasteiger partial charge in [-0.1, -0.05) is 5.10 Å². The Morgan fingerprint density at radius 1 is 1.10 bits per heavy atom. The molecule has 0 spiro atoms. The number of methoxy groups -OCH3 is 2. The molecule has 0 aliphatic carbocycles. The maximum absolute atomic E-state index is 5.31. The molecule has 0 radical (unpaired) electrons. The summed E-state index contributed by atoms with van der Waals surface area (Å²) < 4.78 is 12.1. The van der Waals surface area contributed by atoms with E-state index in [1.165, 1.54) is 0 Å². The van der Waals surface area contributed by atoms with Crippen molar-refractivity contribution in [2.45, 2.75) is 6.92 Å². The van der Waals surface area contributed by atoms with Crippen molar-refractivity contribution in [2.24, 2.45) is 0 Å². The van der Waals surface area contributed by atoms with E-state index in [9.17, 15) is 0 Å². The first-order chi connectivity index (χ1) is 9.72. The molecule has 20 heavy (non-hydrogen) atoms. The van der Waals surface area contributed by atoms with Crippen LogP contribution in [0.1, 0.15) is 5.56 Å². The summed E-state index contributed by atoms with van der Waals surface area (Å²) in [6, 6.07) is 5.66. The number of nitrogens with zero attached hydrogens (tertiary/aromatic N) is 5. The number of aryl methyl sites for hydroxylation is 1. The lowest BCUT2D eigenvalue weighted by Gasteiger charge is -2.10. The molecule has 0 unspecified atom stereocenters. The fraction of sp³-hybridized carbons (Fsp3) is 0.231. The first-order valence-corrected chi connectivity index (χ1v) is 6.00. The highest BCUT2D eigenvalue weighted by atomic mass is 16.5. The van der Waals surface area contributed by atoms with Crippen LogP contribution in [-0.2, 0) is 0 Å². The molecule has 0 atom stereocenters. The summed E-state index contributed by atoms with van der Waals surface area (Å²) in [5.41, 5.74) is 2.70. The number of ether oxygens (including phenoxy) is 2. The molecule has 0 aliphatic rings. The van der Waals surface area contributed by atoms with Crippen molar-refractivity contribution in [3.8, 4) is 22.8 Å². The number of fused-ring (bicyclic) bond motifs is 1. The number of tetrazole rings is 1. The van der Waals surface area contributed by atoms with E-state index in [1.807, 2.05) is 31.3 Å². The van der Waals surface area contributed by atoms with Crippen LogP contribution >= 0.6 is 0 Å². The van der Waals surface area contributed by atoms with E-state index in [-0.39, 0.29) is 0 Å². The van der Waals surface area contributed by atoms with Crippen molar-refractivity contribution in [1.29, 1.82) is 0 Å². The lowest BCUT2D eigenvalue weighted by Crippen LogP contribution is -1.97. The summed E-state index contributed by atoms with van der Waals surface area (Å²) in [5.74, 6) is 1.80. The quantitative estimate of drug-likeness (QED) is 0.719. The molecule has 0 saturated carbocycles. The van der Waals surface area contributed by atoms with Crippen LogP contribution in [0.15, 0.2) is 24.4 Å². The minimum atomic E-state index is 0.459. The van der Waals surface area contributed by atoms with Gasteiger partial charge in [0.15, 0.2) is 11.5 Å². The van der Waals surface area contributed by atoms with Gasteiger partial charge >= 0.3 is 0 Å². The van der Waals surface area contributed by atoms with E-state index in [2.05, 4.69) is 20.5 Å². The average Bonchev–Trinajstić information content (AvgIpc) is 2.92. The maximum Gasteiger partial charge on any atom is 0.273 e. The van der Waals surface area contributed by atoms with Gasteiger partial charge in [0.1, 0.15) is 0 Å². The Kier molecular flexibility index (Phi) is 2.94. The standard InChI is InChI=1S/C13H13N5O2/c1-8-7-18-13(15-16-17-18)14-12(8)9-4-5-10(19-2)11(6-9)20-3/h4-7H,1-3H3. The topological polar surface area (TPSA) is 74.4 Å². The van der Waals surface area contributed by atoms with Crippen LogP contribution in [0.4, 0.5) is 0 Å². The molecule has 0 aliphatic heterocycles. The molecule has 3 rings (SSSR count). The molecule has 3 aromatic rings. The highest BCUT2D eigenvalue weighted by molar-refractivity contribution is 5.67. The molecule has 0 fully saturated rings. The number of hydrogen-bond donors (Lipinski definition) is 0. The van der Waals surface area contributed by atoms with Crippen molar-refractivity contribution in [2.75, 3.05) is 14.2 Å². The smallest absolute Gasteiger partial charge is 0.273 e. The van der Waals surface area contributed by atoms with Crippen LogP contribution in [0.3, 0.4) is 0 Å². The van der Waals surface area contributed by atoms with Crippen molar-refractivity contribution >= 4 is 5.78 Å². The summed E-state index contributed by atoms with van der Waals surface area (Å²) in [6.45, 7) is 1.96. The number of aromatic nitrogens is 5. The third-order valence-electron chi connectivity index (χ3n) is 3.03.